The minimum absolute atomic E-state index is 0. The van der Waals surface area contributed by atoms with Crippen LogP contribution in [0, 0.1) is 0 Å². The summed E-state index contributed by atoms with van der Waals surface area (Å²) in [6.45, 7) is 1.11. The normalized spacial score (nSPS) is 25.5. The number of hydrogen-bond acceptors (Lipinski definition) is 2. The predicted octanol–water partition coefficient (Wildman–Crippen LogP) is 2.23. The molecule has 1 aliphatic heterocycles. The van der Waals surface area contributed by atoms with Crippen LogP contribution in [-0.4, -0.2) is 24.5 Å². The SMILES string of the molecule is CN1CCC(N)C1c1ccccc1.Cl.Cl. The van der Waals surface area contributed by atoms with Gasteiger partial charge in [0.1, 0.15) is 0 Å². The van der Waals surface area contributed by atoms with Crippen LogP contribution in [0.2, 0.25) is 0 Å². The minimum atomic E-state index is 0. The third-order valence-corrected chi connectivity index (χ3v) is 2.84. The van der Waals surface area contributed by atoms with E-state index in [1.165, 1.54) is 5.56 Å². The molecular formula is C11H18Cl2N2. The Morgan fingerprint density at radius 2 is 1.80 bits per heavy atom. The fraction of sp³-hybridized carbons (Fsp3) is 0.455. The summed E-state index contributed by atoms with van der Waals surface area (Å²) in [6.07, 6.45) is 1.11. The van der Waals surface area contributed by atoms with E-state index in [0.29, 0.717) is 12.1 Å². The van der Waals surface area contributed by atoms with E-state index < -0.39 is 0 Å². The fourth-order valence-corrected chi connectivity index (χ4v) is 2.13. The van der Waals surface area contributed by atoms with E-state index in [9.17, 15) is 0 Å². The van der Waals surface area contributed by atoms with Gasteiger partial charge in [0, 0.05) is 18.6 Å². The molecule has 1 fully saturated rings. The van der Waals surface area contributed by atoms with Gasteiger partial charge in [0.05, 0.1) is 0 Å². The van der Waals surface area contributed by atoms with Crippen molar-refractivity contribution < 1.29 is 0 Å². The average Bonchev–Trinajstić information content (AvgIpc) is 2.48. The average molecular weight is 249 g/mol. The third kappa shape index (κ3) is 3.08. The topological polar surface area (TPSA) is 29.3 Å². The molecule has 0 saturated carbocycles. The maximum absolute atomic E-state index is 6.06. The van der Waals surface area contributed by atoms with Crippen LogP contribution in [0.25, 0.3) is 0 Å². The number of nitrogens with zero attached hydrogens (tertiary/aromatic N) is 1. The highest BCUT2D eigenvalue weighted by Crippen LogP contribution is 2.28. The molecule has 2 nitrogen and oxygen atoms in total. The van der Waals surface area contributed by atoms with E-state index in [1.54, 1.807) is 0 Å². The Morgan fingerprint density at radius 1 is 1.20 bits per heavy atom. The summed E-state index contributed by atoms with van der Waals surface area (Å²) in [7, 11) is 2.14. The zero-order chi connectivity index (χ0) is 9.26. The standard InChI is InChI=1S/C11H16N2.2ClH/c1-13-8-7-10(12)11(13)9-5-3-2-4-6-9;;/h2-6,10-11H,7-8,12H2,1H3;2*1H. The highest BCUT2D eigenvalue weighted by Gasteiger charge is 2.29. The second kappa shape index (κ2) is 6.33. The summed E-state index contributed by atoms with van der Waals surface area (Å²) in [5.74, 6) is 0. The largest absolute Gasteiger partial charge is 0.326 e. The number of nitrogens with two attached hydrogens (primary N) is 1. The van der Waals surface area contributed by atoms with Gasteiger partial charge in [0.15, 0.2) is 0 Å². The van der Waals surface area contributed by atoms with Crippen molar-refractivity contribution in [2.24, 2.45) is 5.73 Å². The first-order chi connectivity index (χ1) is 6.29. The number of rotatable bonds is 1. The van der Waals surface area contributed by atoms with Crippen molar-refractivity contribution in [3.8, 4) is 0 Å². The first-order valence-electron chi connectivity index (χ1n) is 4.80. The third-order valence-electron chi connectivity index (χ3n) is 2.84. The number of hydrogen-bond donors (Lipinski definition) is 1. The number of halogens is 2. The Hall–Kier alpha value is -0.280. The van der Waals surface area contributed by atoms with Gasteiger partial charge in [-0.1, -0.05) is 30.3 Å². The summed E-state index contributed by atoms with van der Waals surface area (Å²) in [5.41, 5.74) is 7.40. The second-order valence-corrected chi connectivity index (χ2v) is 3.79. The van der Waals surface area contributed by atoms with Crippen LogP contribution in [0.15, 0.2) is 30.3 Å². The van der Waals surface area contributed by atoms with Crippen molar-refractivity contribution in [3.63, 3.8) is 0 Å². The smallest absolute Gasteiger partial charge is 0.0496 e. The molecule has 2 rings (SSSR count). The Bertz CT molecular complexity index is 269. The zero-order valence-corrected chi connectivity index (χ0v) is 10.4. The molecule has 0 amide bonds. The van der Waals surface area contributed by atoms with Crippen LogP contribution in [0.3, 0.4) is 0 Å². The van der Waals surface area contributed by atoms with Gasteiger partial charge in [-0.3, -0.25) is 4.90 Å². The van der Waals surface area contributed by atoms with Crippen LogP contribution in [0.4, 0.5) is 0 Å². The highest BCUT2D eigenvalue weighted by atomic mass is 35.5. The maximum Gasteiger partial charge on any atom is 0.0496 e. The molecule has 0 aromatic heterocycles. The molecule has 15 heavy (non-hydrogen) atoms. The quantitative estimate of drug-likeness (QED) is 0.827. The molecule has 2 N–H and O–H groups in total. The van der Waals surface area contributed by atoms with Crippen molar-refractivity contribution in [2.75, 3.05) is 13.6 Å². The summed E-state index contributed by atoms with van der Waals surface area (Å²) in [5, 5.41) is 0. The molecule has 2 unspecified atom stereocenters. The molecule has 2 atom stereocenters. The van der Waals surface area contributed by atoms with E-state index in [1.807, 2.05) is 6.07 Å². The van der Waals surface area contributed by atoms with Crippen molar-refractivity contribution in [1.82, 2.24) is 4.90 Å². The molecule has 0 radical (unpaired) electrons. The Kier molecular flexibility index (Phi) is 6.22. The molecule has 0 spiro atoms. The van der Waals surface area contributed by atoms with Crippen LogP contribution in [0.1, 0.15) is 18.0 Å². The lowest BCUT2D eigenvalue weighted by molar-refractivity contribution is 0.304. The van der Waals surface area contributed by atoms with Gasteiger partial charge < -0.3 is 5.73 Å². The number of benzene rings is 1. The molecule has 86 valence electrons. The van der Waals surface area contributed by atoms with E-state index in [4.69, 9.17) is 5.73 Å². The predicted molar refractivity (Wildman–Crippen MR) is 68.9 cm³/mol. The molecule has 1 heterocycles. The fourth-order valence-electron chi connectivity index (χ4n) is 2.13. The maximum atomic E-state index is 6.06. The van der Waals surface area contributed by atoms with Crippen LogP contribution < -0.4 is 5.73 Å². The summed E-state index contributed by atoms with van der Waals surface area (Å²) < 4.78 is 0. The summed E-state index contributed by atoms with van der Waals surface area (Å²) in [4.78, 5) is 2.33. The first-order valence-corrected chi connectivity index (χ1v) is 4.80. The summed E-state index contributed by atoms with van der Waals surface area (Å²) >= 11 is 0. The van der Waals surface area contributed by atoms with E-state index in [2.05, 4.69) is 36.2 Å². The van der Waals surface area contributed by atoms with E-state index >= 15 is 0 Å². The lowest BCUT2D eigenvalue weighted by Crippen LogP contribution is -2.29. The Balaban J connectivity index is 0.000000980. The van der Waals surface area contributed by atoms with Gasteiger partial charge in [-0.2, -0.15) is 0 Å². The van der Waals surface area contributed by atoms with Crippen LogP contribution in [0.5, 0.6) is 0 Å². The first kappa shape index (κ1) is 14.7. The Labute approximate surface area is 104 Å². The van der Waals surface area contributed by atoms with Crippen molar-refractivity contribution >= 4 is 24.8 Å². The molecule has 1 aromatic rings. The summed E-state index contributed by atoms with van der Waals surface area (Å²) in [6, 6.07) is 11.2. The molecule has 0 bridgehead atoms. The molecular weight excluding hydrogens is 231 g/mol. The zero-order valence-electron chi connectivity index (χ0n) is 8.80. The molecule has 1 aromatic carbocycles. The van der Waals surface area contributed by atoms with Crippen molar-refractivity contribution in [3.05, 3.63) is 35.9 Å². The lowest BCUT2D eigenvalue weighted by Gasteiger charge is -2.22. The van der Waals surface area contributed by atoms with E-state index in [0.717, 1.165) is 13.0 Å². The van der Waals surface area contributed by atoms with Crippen molar-refractivity contribution in [2.45, 2.75) is 18.5 Å². The van der Waals surface area contributed by atoms with Crippen LogP contribution in [-0.2, 0) is 0 Å². The molecule has 1 saturated heterocycles. The highest BCUT2D eigenvalue weighted by molar-refractivity contribution is 5.85. The van der Waals surface area contributed by atoms with E-state index in [-0.39, 0.29) is 24.8 Å². The van der Waals surface area contributed by atoms with Crippen LogP contribution >= 0.6 is 24.8 Å². The van der Waals surface area contributed by atoms with Gasteiger partial charge in [0.25, 0.3) is 0 Å². The van der Waals surface area contributed by atoms with Crippen molar-refractivity contribution in [1.29, 1.82) is 0 Å². The van der Waals surface area contributed by atoms with Gasteiger partial charge in [-0.05, 0) is 19.0 Å². The monoisotopic (exact) mass is 248 g/mol. The number of likely N-dealkylation sites (tertiary alicyclic amines) is 1. The molecule has 0 aliphatic carbocycles. The van der Waals surface area contributed by atoms with Gasteiger partial charge in [-0.15, -0.1) is 24.8 Å². The molecule has 4 heteroatoms. The lowest BCUT2D eigenvalue weighted by atomic mass is 10.0. The van der Waals surface area contributed by atoms with Gasteiger partial charge in [0.2, 0.25) is 0 Å². The van der Waals surface area contributed by atoms with Gasteiger partial charge >= 0.3 is 0 Å². The van der Waals surface area contributed by atoms with Gasteiger partial charge in [-0.25, -0.2) is 0 Å². The second-order valence-electron chi connectivity index (χ2n) is 3.79. The number of likely N-dealkylation sites (N-methyl/N-ethyl adjacent to an activating group) is 1. The molecule has 1 aliphatic rings. The Morgan fingerprint density at radius 3 is 2.27 bits per heavy atom. The minimum Gasteiger partial charge on any atom is -0.326 e.